The molecule has 3 rings (SSSR count). The van der Waals surface area contributed by atoms with Crippen LogP contribution in [-0.2, 0) is 22.6 Å². The Morgan fingerprint density at radius 1 is 1.00 bits per heavy atom. The van der Waals surface area contributed by atoms with E-state index < -0.39 is 17.7 Å². The fourth-order valence-electron chi connectivity index (χ4n) is 3.13. The van der Waals surface area contributed by atoms with Gasteiger partial charge in [0.2, 0.25) is 5.91 Å². The minimum Gasteiger partial charge on any atom is -0.383 e. The first kappa shape index (κ1) is 24.3. The van der Waals surface area contributed by atoms with Gasteiger partial charge in [0.05, 0.1) is 18.8 Å². The largest absolute Gasteiger partial charge is 0.383 e. The first-order chi connectivity index (χ1) is 16.0. The summed E-state index contributed by atoms with van der Waals surface area (Å²) in [5, 5.41) is 4.35. The van der Waals surface area contributed by atoms with Crippen LogP contribution < -0.4 is 5.32 Å². The summed E-state index contributed by atoms with van der Waals surface area (Å²) in [4.78, 5) is 30.0. The van der Waals surface area contributed by atoms with Gasteiger partial charge in [0.15, 0.2) is 0 Å². The molecule has 0 radical (unpaired) electrons. The minimum absolute atomic E-state index is 0.120. The first-order valence-corrected chi connectivity index (χ1v) is 11.2. The van der Waals surface area contributed by atoms with Gasteiger partial charge >= 0.3 is 6.03 Å². The van der Waals surface area contributed by atoms with Crippen molar-refractivity contribution in [2.75, 3.05) is 32.1 Å². The number of halogens is 2. The van der Waals surface area contributed by atoms with Crippen molar-refractivity contribution in [3.05, 3.63) is 88.1 Å². The molecule has 0 saturated carbocycles. The van der Waals surface area contributed by atoms with Crippen molar-refractivity contribution in [1.82, 2.24) is 9.80 Å². The molecule has 0 bridgehead atoms. The summed E-state index contributed by atoms with van der Waals surface area (Å²) in [5.41, 5.74) is 0.791. The number of amides is 3. The SMILES string of the molecule is COCCN(CC(=O)N(Cc1ccccc1)Cc1cccs1)C(=O)Nc1ccc(F)cc1F. The van der Waals surface area contributed by atoms with Gasteiger partial charge in [0, 0.05) is 31.1 Å². The lowest BCUT2D eigenvalue weighted by molar-refractivity contribution is -0.133. The number of anilines is 1. The molecule has 0 atom stereocenters. The molecule has 33 heavy (non-hydrogen) atoms. The van der Waals surface area contributed by atoms with E-state index in [1.807, 2.05) is 47.8 Å². The summed E-state index contributed by atoms with van der Waals surface area (Å²) in [7, 11) is 1.48. The number of carbonyl (C=O) groups excluding carboxylic acids is 2. The van der Waals surface area contributed by atoms with E-state index in [0.717, 1.165) is 22.6 Å². The summed E-state index contributed by atoms with van der Waals surface area (Å²) in [5.74, 6) is -1.91. The van der Waals surface area contributed by atoms with Gasteiger partial charge in [-0.2, -0.15) is 0 Å². The van der Waals surface area contributed by atoms with Crippen LogP contribution in [0, 0.1) is 11.6 Å². The van der Waals surface area contributed by atoms with Crippen LogP contribution in [0.1, 0.15) is 10.4 Å². The van der Waals surface area contributed by atoms with E-state index in [4.69, 9.17) is 4.74 Å². The van der Waals surface area contributed by atoms with Crippen LogP contribution in [-0.4, -0.2) is 48.5 Å². The second kappa shape index (κ2) is 12.1. The fourth-order valence-corrected chi connectivity index (χ4v) is 3.85. The van der Waals surface area contributed by atoms with Gasteiger partial charge < -0.3 is 19.9 Å². The third-order valence-electron chi connectivity index (χ3n) is 4.85. The molecular formula is C24H25F2N3O3S. The van der Waals surface area contributed by atoms with E-state index in [9.17, 15) is 18.4 Å². The molecule has 0 unspecified atom stereocenters. The highest BCUT2D eigenvalue weighted by molar-refractivity contribution is 7.09. The quantitative estimate of drug-likeness (QED) is 0.463. The number of hydrogen-bond acceptors (Lipinski definition) is 4. The minimum atomic E-state index is -0.898. The molecule has 0 saturated heterocycles. The summed E-state index contributed by atoms with van der Waals surface area (Å²) < 4.78 is 32.2. The average Bonchev–Trinajstić information content (AvgIpc) is 3.31. The van der Waals surface area contributed by atoms with Gasteiger partial charge in [-0.25, -0.2) is 13.6 Å². The number of methoxy groups -OCH3 is 1. The van der Waals surface area contributed by atoms with Crippen molar-refractivity contribution >= 4 is 29.0 Å². The molecule has 1 N–H and O–H groups in total. The monoisotopic (exact) mass is 473 g/mol. The number of urea groups is 1. The number of nitrogens with zero attached hydrogens (tertiary/aromatic N) is 2. The maximum Gasteiger partial charge on any atom is 0.322 e. The number of thiophene rings is 1. The second-order valence-corrected chi connectivity index (χ2v) is 8.32. The lowest BCUT2D eigenvalue weighted by atomic mass is 10.2. The molecule has 6 nitrogen and oxygen atoms in total. The number of rotatable bonds is 10. The lowest BCUT2D eigenvalue weighted by Crippen LogP contribution is -2.45. The van der Waals surface area contributed by atoms with E-state index in [2.05, 4.69) is 5.32 Å². The lowest BCUT2D eigenvalue weighted by Gasteiger charge is -2.27. The smallest absolute Gasteiger partial charge is 0.322 e. The van der Waals surface area contributed by atoms with Gasteiger partial charge in [0.1, 0.15) is 18.2 Å². The number of benzene rings is 2. The third-order valence-corrected chi connectivity index (χ3v) is 5.71. The summed E-state index contributed by atoms with van der Waals surface area (Å²) in [6.45, 7) is 0.864. The number of ether oxygens (including phenoxy) is 1. The van der Waals surface area contributed by atoms with E-state index in [1.54, 1.807) is 16.2 Å². The Bertz CT molecular complexity index is 1050. The van der Waals surface area contributed by atoms with Crippen LogP contribution in [0.5, 0.6) is 0 Å². The first-order valence-electron chi connectivity index (χ1n) is 10.3. The zero-order valence-electron chi connectivity index (χ0n) is 18.2. The van der Waals surface area contributed by atoms with Gasteiger partial charge in [-0.3, -0.25) is 4.79 Å². The zero-order chi connectivity index (χ0) is 23.6. The van der Waals surface area contributed by atoms with Crippen molar-refractivity contribution in [1.29, 1.82) is 0 Å². The van der Waals surface area contributed by atoms with Crippen molar-refractivity contribution < 1.29 is 23.1 Å². The van der Waals surface area contributed by atoms with Crippen LogP contribution >= 0.6 is 11.3 Å². The van der Waals surface area contributed by atoms with E-state index in [1.165, 1.54) is 12.0 Å². The van der Waals surface area contributed by atoms with Gasteiger partial charge in [0.25, 0.3) is 0 Å². The molecule has 0 aliphatic carbocycles. The normalized spacial score (nSPS) is 10.6. The molecule has 1 heterocycles. The molecule has 9 heteroatoms. The molecule has 0 spiro atoms. The zero-order valence-corrected chi connectivity index (χ0v) is 19.0. The Hall–Kier alpha value is -3.30. The van der Waals surface area contributed by atoms with Crippen LogP contribution in [0.15, 0.2) is 66.0 Å². The highest BCUT2D eigenvalue weighted by Crippen LogP contribution is 2.17. The molecule has 2 aromatic carbocycles. The second-order valence-electron chi connectivity index (χ2n) is 7.28. The Labute approximate surface area is 195 Å². The maximum atomic E-state index is 14.0. The van der Waals surface area contributed by atoms with Crippen molar-refractivity contribution in [3.63, 3.8) is 0 Å². The topological polar surface area (TPSA) is 61.9 Å². The van der Waals surface area contributed by atoms with Gasteiger partial charge in [-0.05, 0) is 29.1 Å². The van der Waals surface area contributed by atoms with Crippen molar-refractivity contribution in [2.24, 2.45) is 0 Å². The molecule has 3 aromatic rings. The number of nitrogens with one attached hydrogen (secondary N) is 1. The van der Waals surface area contributed by atoms with Crippen LogP contribution in [0.25, 0.3) is 0 Å². The summed E-state index contributed by atoms with van der Waals surface area (Å²) >= 11 is 1.54. The molecule has 0 aliphatic heterocycles. The third kappa shape index (κ3) is 7.37. The highest BCUT2D eigenvalue weighted by Gasteiger charge is 2.23. The summed E-state index contributed by atoms with van der Waals surface area (Å²) in [6.07, 6.45) is 0. The molecule has 1 aromatic heterocycles. The number of carbonyl (C=O) groups is 2. The van der Waals surface area contributed by atoms with Gasteiger partial charge in [-0.1, -0.05) is 36.4 Å². The van der Waals surface area contributed by atoms with E-state index in [0.29, 0.717) is 19.2 Å². The predicted octanol–water partition coefficient (Wildman–Crippen LogP) is 4.74. The standard InChI is InChI=1S/C24H25F2N3O3S/c1-32-12-11-28(24(31)27-22-10-9-19(25)14-21(22)26)17-23(30)29(16-20-8-5-13-33-20)15-18-6-3-2-4-7-18/h2-10,13-14H,11-12,15-17H2,1H3,(H,27,31). The van der Waals surface area contributed by atoms with Crippen molar-refractivity contribution in [3.8, 4) is 0 Å². The predicted molar refractivity (Wildman–Crippen MR) is 124 cm³/mol. The Morgan fingerprint density at radius 3 is 2.45 bits per heavy atom. The fraction of sp³-hybridized carbons (Fsp3) is 0.250. The number of hydrogen-bond donors (Lipinski definition) is 1. The molecule has 0 aliphatic rings. The maximum absolute atomic E-state index is 14.0. The Balaban J connectivity index is 1.74. The van der Waals surface area contributed by atoms with Crippen molar-refractivity contribution in [2.45, 2.75) is 13.1 Å². The molecule has 0 fully saturated rings. The molecular weight excluding hydrogens is 448 g/mol. The molecule has 3 amide bonds. The van der Waals surface area contributed by atoms with Crippen LogP contribution in [0.2, 0.25) is 0 Å². The van der Waals surface area contributed by atoms with Crippen LogP contribution in [0.3, 0.4) is 0 Å². The molecule has 174 valence electrons. The van der Waals surface area contributed by atoms with Gasteiger partial charge in [-0.15, -0.1) is 11.3 Å². The van der Waals surface area contributed by atoms with E-state index >= 15 is 0 Å². The Kier molecular flexibility index (Phi) is 8.91. The highest BCUT2D eigenvalue weighted by atomic mass is 32.1. The average molecular weight is 474 g/mol. The van der Waals surface area contributed by atoms with Crippen LogP contribution in [0.4, 0.5) is 19.3 Å². The summed E-state index contributed by atoms with van der Waals surface area (Å²) in [6, 6.07) is 15.6. The van der Waals surface area contributed by atoms with E-state index in [-0.39, 0.29) is 31.3 Å². The Morgan fingerprint density at radius 2 is 1.79 bits per heavy atom.